The van der Waals surface area contributed by atoms with Gasteiger partial charge in [-0.25, -0.2) is 13.1 Å². The number of sulfonamides is 1. The van der Waals surface area contributed by atoms with E-state index in [0.29, 0.717) is 18.9 Å². The van der Waals surface area contributed by atoms with Crippen LogP contribution in [0.1, 0.15) is 33.1 Å². The lowest BCUT2D eigenvalue weighted by Crippen LogP contribution is -2.43. The van der Waals surface area contributed by atoms with Gasteiger partial charge >= 0.3 is 0 Å². The summed E-state index contributed by atoms with van der Waals surface area (Å²) in [6, 6.07) is 6.21. The maximum atomic E-state index is 12.2. The fourth-order valence-electron chi connectivity index (χ4n) is 2.87. The van der Waals surface area contributed by atoms with Gasteiger partial charge in [-0.3, -0.25) is 4.79 Å². The van der Waals surface area contributed by atoms with Crippen molar-refractivity contribution in [3.63, 3.8) is 0 Å². The molecule has 1 heterocycles. The van der Waals surface area contributed by atoms with Crippen LogP contribution in [-0.2, 0) is 14.8 Å². The van der Waals surface area contributed by atoms with E-state index in [4.69, 9.17) is 4.74 Å². The lowest BCUT2D eigenvalue weighted by atomic mass is 9.81. The van der Waals surface area contributed by atoms with Crippen molar-refractivity contribution < 1.29 is 17.9 Å². The molecule has 1 aliphatic rings. The molecular formula is C18H29N3O4S. The minimum absolute atomic E-state index is 0.0691. The van der Waals surface area contributed by atoms with E-state index in [2.05, 4.69) is 22.3 Å². The Hall–Kier alpha value is -1.64. The standard InChI is InChI=1S/C18H29N3O4S/c1-3-25-15-4-6-16(7-5-15)26(23,24)21-11-8-17(22)20-14-18(2)9-12-19-13-10-18/h4-7,19,21H,3,8-14H2,1-2H3,(H,20,22). The lowest BCUT2D eigenvalue weighted by molar-refractivity contribution is -0.121. The Labute approximate surface area is 155 Å². The molecule has 0 bridgehead atoms. The fraction of sp³-hybridized carbons (Fsp3) is 0.611. The van der Waals surface area contributed by atoms with Crippen LogP contribution in [-0.4, -0.2) is 47.1 Å². The predicted molar refractivity (Wildman–Crippen MR) is 101 cm³/mol. The molecule has 8 heteroatoms. The van der Waals surface area contributed by atoms with Crippen molar-refractivity contribution >= 4 is 15.9 Å². The van der Waals surface area contributed by atoms with Gasteiger partial charge in [0.05, 0.1) is 11.5 Å². The van der Waals surface area contributed by atoms with Gasteiger partial charge in [0.25, 0.3) is 0 Å². The summed E-state index contributed by atoms with van der Waals surface area (Å²) in [5, 5.41) is 6.23. The summed E-state index contributed by atoms with van der Waals surface area (Å²) in [6.07, 6.45) is 2.17. The van der Waals surface area contributed by atoms with Crippen LogP contribution in [0.2, 0.25) is 0 Å². The minimum Gasteiger partial charge on any atom is -0.494 e. The summed E-state index contributed by atoms with van der Waals surface area (Å²) in [6.45, 7) is 7.18. The molecule has 0 spiro atoms. The monoisotopic (exact) mass is 383 g/mol. The first kappa shape index (κ1) is 20.7. The number of ether oxygens (including phenoxy) is 1. The second kappa shape index (κ2) is 9.34. The number of hydrogen-bond donors (Lipinski definition) is 3. The molecule has 1 aromatic rings. The van der Waals surface area contributed by atoms with Crippen LogP contribution < -0.4 is 20.1 Å². The van der Waals surface area contributed by atoms with E-state index in [1.807, 2.05) is 6.92 Å². The average Bonchev–Trinajstić information content (AvgIpc) is 2.61. The SMILES string of the molecule is CCOc1ccc(S(=O)(=O)NCCC(=O)NCC2(C)CCNCC2)cc1. The Morgan fingerprint density at radius 1 is 1.23 bits per heavy atom. The smallest absolute Gasteiger partial charge is 0.240 e. The number of benzene rings is 1. The van der Waals surface area contributed by atoms with Crippen LogP contribution >= 0.6 is 0 Å². The van der Waals surface area contributed by atoms with Crippen LogP contribution in [0.25, 0.3) is 0 Å². The van der Waals surface area contributed by atoms with Crippen LogP contribution in [0.15, 0.2) is 29.2 Å². The van der Waals surface area contributed by atoms with Crippen molar-refractivity contribution in [2.24, 2.45) is 5.41 Å². The molecule has 146 valence electrons. The van der Waals surface area contributed by atoms with Crippen LogP contribution in [0.4, 0.5) is 0 Å². The number of nitrogens with one attached hydrogen (secondary N) is 3. The molecule has 0 radical (unpaired) electrons. The van der Waals surface area contributed by atoms with Gasteiger partial charge in [-0.2, -0.15) is 0 Å². The van der Waals surface area contributed by atoms with E-state index in [1.165, 1.54) is 12.1 Å². The van der Waals surface area contributed by atoms with Gasteiger partial charge in [-0.1, -0.05) is 6.92 Å². The molecule has 0 atom stereocenters. The first-order chi connectivity index (χ1) is 12.3. The van der Waals surface area contributed by atoms with Gasteiger partial charge in [0.15, 0.2) is 0 Å². The van der Waals surface area contributed by atoms with Gasteiger partial charge in [0.1, 0.15) is 5.75 Å². The summed E-state index contributed by atoms with van der Waals surface area (Å²) in [5.74, 6) is 0.483. The van der Waals surface area contributed by atoms with Gasteiger partial charge in [0.2, 0.25) is 15.9 Å². The Morgan fingerprint density at radius 3 is 2.50 bits per heavy atom. The number of carbonyl (C=O) groups excluding carboxylic acids is 1. The zero-order valence-corrected chi connectivity index (χ0v) is 16.3. The molecule has 7 nitrogen and oxygen atoms in total. The molecule has 26 heavy (non-hydrogen) atoms. The summed E-state index contributed by atoms with van der Waals surface area (Å²) in [7, 11) is -3.63. The molecule has 0 aromatic heterocycles. The third kappa shape index (κ3) is 6.26. The van der Waals surface area contributed by atoms with E-state index in [9.17, 15) is 13.2 Å². The van der Waals surface area contributed by atoms with Gasteiger partial charge in [-0.15, -0.1) is 0 Å². The van der Waals surface area contributed by atoms with Crippen molar-refractivity contribution in [2.75, 3.05) is 32.8 Å². The third-order valence-corrected chi connectivity index (χ3v) is 6.09. The lowest BCUT2D eigenvalue weighted by Gasteiger charge is -2.34. The Bertz CT molecular complexity index is 683. The fourth-order valence-corrected chi connectivity index (χ4v) is 3.90. The molecular weight excluding hydrogens is 354 g/mol. The highest BCUT2D eigenvalue weighted by atomic mass is 32.2. The summed E-state index contributed by atoms with van der Waals surface area (Å²) in [5.41, 5.74) is 0.114. The topological polar surface area (TPSA) is 96.5 Å². The molecule has 1 saturated heterocycles. The number of piperidine rings is 1. The molecule has 1 aliphatic heterocycles. The van der Waals surface area contributed by atoms with E-state index in [-0.39, 0.29) is 29.2 Å². The van der Waals surface area contributed by atoms with Gasteiger partial charge in [-0.05, 0) is 62.5 Å². The van der Waals surface area contributed by atoms with Gasteiger partial charge in [0, 0.05) is 19.5 Å². The van der Waals surface area contributed by atoms with E-state index in [1.54, 1.807) is 12.1 Å². The largest absolute Gasteiger partial charge is 0.494 e. The highest BCUT2D eigenvalue weighted by Gasteiger charge is 2.26. The number of carbonyl (C=O) groups is 1. The quantitative estimate of drug-likeness (QED) is 0.597. The zero-order valence-electron chi connectivity index (χ0n) is 15.5. The minimum atomic E-state index is -3.63. The second-order valence-corrected chi connectivity index (χ2v) is 8.66. The third-order valence-electron chi connectivity index (χ3n) is 4.61. The van der Waals surface area contributed by atoms with Crippen molar-refractivity contribution in [3.05, 3.63) is 24.3 Å². The maximum Gasteiger partial charge on any atom is 0.240 e. The maximum absolute atomic E-state index is 12.2. The van der Waals surface area contributed by atoms with E-state index < -0.39 is 10.0 Å². The zero-order chi connectivity index (χ0) is 19.0. The molecule has 2 rings (SSSR count). The normalized spacial score (nSPS) is 16.8. The molecule has 1 fully saturated rings. The van der Waals surface area contributed by atoms with Crippen molar-refractivity contribution in [2.45, 2.75) is 38.0 Å². The summed E-state index contributed by atoms with van der Waals surface area (Å²) in [4.78, 5) is 12.1. The molecule has 1 amide bonds. The summed E-state index contributed by atoms with van der Waals surface area (Å²) >= 11 is 0. The van der Waals surface area contributed by atoms with Crippen molar-refractivity contribution in [1.82, 2.24) is 15.4 Å². The highest BCUT2D eigenvalue weighted by molar-refractivity contribution is 7.89. The number of amides is 1. The van der Waals surface area contributed by atoms with Crippen LogP contribution in [0, 0.1) is 5.41 Å². The molecule has 0 aliphatic carbocycles. The Kier molecular flexibility index (Phi) is 7.43. The second-order valence-electron chi connectivity index (χ2n) is 6.89. The van der Waals surface area contributed by atoms with Crippen molar-refractivity contribution in [3.8, 4) is 5.75 Å². The number of hydrogen-bond acceptors (Lipinski definition) is 5. The van der Waals surface area contributed by atoms with Gasteiger partial charge < -0.3 is 15.4 Å². The van der Waals surface area contributed by atoms with Crippen molar-refractivity contribution in [1.29, 1.82) is 0 Å². The van der Waals surface area contributed by atoms with E-state index in [0.717, 1.165) is 25.9 Å². The highest BCUT2D eigenvalue weighted by Crippen LogP contribution is 2.26. The van der Waals surface area contributed by atoms with Crippen LogP contribution in [0.3, 0.4) is 0 Å². The van der Waals surface area contributed by atoms with Crippen LogP contribution in [0.5, 0.6) is 5.75 Å². The Morgan fingerprint density at radius 2 is 1.88 bits per heavy atom. The first-order valence-electron chi connectivity index (χ1n) is 9.05. The van der Waals surface area contributed by atoms with E-state index >= 15 is 0 Å². The molecule has 0 unspecified atom stereocenters. The average molecular weight is 384 g/mol. The first-order valence-corrected chi connectivity index (χ1v) is 10.5. The molecule has 1 aromatic carbocycles. The summed E-state index contributed by atoms with van der Waals surface area (Å²) < 4.78 is 32.3. The molecule has 3 N–H and O–H groups in total. The predicted octanol–water partition coefficient (Wildman–Crippen LogP) is 1.26. The molecule has 0 saturated carbocycles. The Balaban J connectivity index is 1.75. The number of rotatable bonds is 9.